The van der Waals surface area contributed by atoms with Crippen LogP contribution in [-0.2, 0) is 0 Å². The van der Waals surface area contributed by atoms with Crippen LogP contribution in [0.25, 0.3) is 0 Å². The van der Waals surface area contributed by atoms with Crippen molar-refractivity contribution >= 4 is 5.69 Å². The topological polar surface area (TPSA) is 49.5 Å². The van der Waals surface area contributed by atoms with Crippen molar-refractivity contribution in [1.82, 2.24) is 0 Å². The van der Waals surface area contributed by atoms with Gasteiger partial charge in [-0.25, -0.2) is 0 Å². The van der Waals surface area contributed by atoms with E-state index in [9.17, 15) is 5.11 Å². The quantitative estimate of drug-likeness (QED) is 0.756. The normalized spacial score (nSPS) is 12.6. The number of nitrogens with two attached hydrogens (primary N) is 1. The monoisotopic (exact) mass is 194 g/mol. The number of hydrogen-bond donors (Lipinski definition) is 2. The first kappa shape index (κ1) is 11.0. The molecule has 1 rings (SSSR count). The molecule has 0 fully saturated rings. The Labute approximate surface area is 85.2 Å². The number of hydrogen-bond acceptors (Lipinski definition) is 3. The SMILES string of the molecule is Cc1ccc(N(C)C)c(C(O)CN)c1. The van der Waals surface area contributed by atoms with Crippen molar-refractivity contribution in [3.05, 3.63) is 29.3 Å². The van der Waals surface area contributed by atoms with Crippen molar-refractivity contribution in [2.45, 2.75) is 13.0 Å². The van der Waals surface area contributed by atoms with Gasteiger partial charge >= 0.3 is 0 Å². The fraction of sp³-hybridized carbons (Fsp3) is 0.455. The van der Waals surface area contributed by atoms with E-state index in [4.69, 9.17) is 5.73 Å². The molecule has 0 saturated heterocycles. The van der Waals surface area contributed by atoms with Crippen molar-refractivity contribution in [2.24, 2.45) is 5.73 Å². The summed E-state index contributed by atoms with van der Waals surface area (Å²) in [5.41, 5.74) is 8.51. The highest BCUT2D eigenvalue weighted by Gasteiger charge is 2.11. The Morgan fingerprint density at radius 3 is 2.57 bits per heavy atom. The Morgan fingerprint density at radius 2 is 2.07 bits per heavy atom. The predicted molar refractivity (Wildman–Crippen MR) is 59.5 cm³/mol. The van der Waals surface area contributed by atoms with Crippen LogP contribution in [-0.4, -0.2) is 25.7 Å². The van der Waals surface area contributed by atoms with Gasteiger partial charge in [-0.15, -0.1) is 0 Å². The maximum Gasteiger partial charge on any atom is 0.0932 e. The second-order valence-corrected chi connectivity index (χ2v) is 3.71. The number of aliphatic hydroxyl groups excluding tert-OH is 1. The summed E-state index contributed by atoms with van der Waals surface area (Å²) >= 11 is 0. The van der Waals surface area contributed by atoms with E-state index in [2.05, 4.69) is 0 Å². The van der Waals surface area contributed by atoms with E-state index in [1.165, 1.54) is 0 Å². The molecule has 0 aliphatic carbocycles. The molecule has 0 amide bonds. The second-order valence-electron chi connectivity index (χ2n) is 3.71. The number of aliphatic hydroxyl groups is 1. The third-order valence-electron chi connectivity index (χ3n) is 2.25. The van der Waals surface area contributed by atoms with Gasteiger partial charge in [0.05, 0.1) is 6.10 Å². The van der Waals surface area contributed by atoms with E-state index in [1.54, 1.807) is 0 Å². The van der Waals surface area contributed by atoms with Gasteiger partial charge in [-0.2, -0.15) is 0 Å². The zero-order valence-electron chi connectivity index (χ0n) is 8.99. The van der Waals surface area contributed by atoms with Crippen molar-refractivity contribution in [3.8, 4) is 0 Å². The van der Waals surface area contributed by atoms with Crippen LogP contribution in [0.1, 0.15) is 17.2 Å². The second kappa shape index (κ2) is 4.44. The molecule has 0 aromatic heterocycles. The predicted octanol–water partition coefficient (Wildman–Crippen LogP) is 1.05. The summed E-state index contributed by atoms with van der Waals surface area (Å²) in [6, 6.07) is 6.01. The smallest absolute Gasteiger partial charge is 0.0932 e. The first-order valence-corrected chi connectivity index (χ1v) is 4.72. The summed E-state index contributed by atoms with van der Waals surface area (Å²) in [6.45, 7) is 2.26. The highest BCUT2D eigenvalue weighted by molar-refractivity contribution is 5.55. The molecule has 0 aliphatic heterocycles. The Kier molecular flexibility index (Phi) is 3.49. The standard InChI is InChI=1S/C11H18N2O/c1-8-4-5-10(13(2)3)9(6-8)11(14)7-12/h4-6,11,14H,7,12H2,1-3H3. The zero-order valence-corrected chi connectivity index (χ0v) is 8.99. The summed E-state index contributed by atoms with van der Waals surface area (Å²) in [4.78, 5) is 1.98. The lowest BCUT2D eigenvalue weighted by Crippen LogP contribution is -2.17. The Morgan fingerprint density at radius 1 is 1.43 bits per heavy atom. The molecular weight excluding hydrogens is 176 g/mol. The average Bonchev–Trinajstić information content (AvgIpc) is 2.16. The van der Waals surface area contributed by atoms with Crippen molar-refractivity contribution in [2.75, 3.05) is 25.5 Å². The van der Waals surface area contributed by atoms with Crippen molar-refractivity contribution in [1.29, 1.82) is 0 Å². The summed E-state index contributed by atoms with van der Waals surface area (Å²) in [7, 11) is 3.91. The van der Waals surface area contributed by atoms with Gasteiger partial charge < -0.3 is 15.7 Å². The van der Waals surface area contributed by atoms with Gasteiger partial charge in [0.2, 0.25) is 0 Å². The number of nitrogens with zero attached hydrogens (tertiary/aromatic N) is 1. The highest BCUT2D eigenvalue weighted by Crippen LogP contribution is 2.25. The van der Waals surface area contributed by atoms with E-state index < -0.39 is 6.10 Å². The van der Waals surface area contributed by atoms with Gasteiger partial charge in [-0.3, -0.25) is 0 Å². The molecular formula is C11H18N2O. The lowest BCUT2D eigenvalue weighted by molar-refractivity contribution is 0.187. The Balaban J connectivity index is 3.15. The van der Waals surface area contributed by atoms with Crippen LogP contribution in [0.4, 0.5) is 5.69 Å². The maximum absolute atomic E-state index is 9.73. The van der Waals surface area contributed by atoms with Gasteiger partial charge in [0.15, 0.2) is 0 Å². The number of benzene rings is 1. The number of rotatable bonds is 3. The van der Waals surface area contributed by atoms with Crippen LogP contribution in [0.3, 0.4) is 0 Å². The third-order valence-corrected chi connectivity index (χ3v) is 2.25. The molecule has 78 valence electrons. The third kappa shape index (κ3) is 2.25. The molecule has 3 N–H and O–H groups in total. The maximum atomic E-state index is 9.73. The minimum atomic E-state index is -0.577. The fourth-order valence-corrected chi connectivity index (χ4v) is 1.48. The average molecular weight is 194 g/mol. The van der Waals surface area contributed by atoms with Crippen molar-refractivity contribution in [3.63, 3.8) is 0 Å². The summed E-state index contributed by atoms with van der Waals surface area (Å²) < 4.78 is 0. The van der Waals surface area contributed by atoms with Gasteiger partial charge in [0.1, 0.15) is 0 Å². The lowest BCUT2D eigenvalue weighted by atomic mass is 10.0. The largest absolute Gasteiger partial charge is 0.387 e. The molecule has 3 nitrogen and oxygen atoms in total. The van der Waals surface area contributed by atoms with Crippen LogP contribution in [0, 0.1) is 6.92 Å². The van der Waals surface area contributed by atoms with Crippen LogP contribution in [0.2, 0.25) is 0 Å². The molecule has 0 bridgehead atoms. The summed E-state index contributed by atoms with van der Waals surface area (Å²) in [5, 5.41) is 9.73. The molecule has 0 radical (unpaired) electrons. The van der Waals surface area contributed by atoms with Crippen molar-refractivity contribution < 1.29 is 5.11 Å². The fourth-order valence-electron chi connectivity index (χ4n) is 1.48. The highest BCUT2D eigenvalue weighted by atomic mass is 16.3. The van der Waals surface area contributed by atoms with Crippen LogP contribution < -0.4 is 10.6 Å². The molecule has 1 aromatic rings. The molecule has 3 heteroatoms. The van der Waals surface area contributed by atoms with E-state index in [0.717, 1.165) is 16.8 Å². The molecule has 0 spiro atoms. The first-order valence-electron chi connectivity index (χ1n) is 4.72. The summed E-state index contributed by atoms with van der Waals surface area (Å²) in [6.07, 6.45) is -0.577. The molecule has 14 heavy (non-hydrogen) atoms. The number of aryl methyl sites for hydroxylation is 1. The zero-order chi connectivity index (χ0) is 10.7. The molecule has 0 aliphatic rings. The molecule has 0 heterocycles. The Bertz CT molecular complexity index is 310. The van der Waals surface area contributed by atoms with E-state index in [-0.39, 0.29) is 6.54 Å². The molecule has 1 aromatic carbocycles. The minimum Gasteiger partial charge on any atom is -0.387 e. The van der Waals surface area contributed by atoms with E-state index in [1.807, 2.05) is 44.1 Å². The Hall–Kier alpha value is -1.06. The number of anilines is 1. The molecule has 1 atom stereocenters. The minimum absolute atomic E-state index is 0.254. The lowest BCUT2D eigenvalue weighted by Gasteiger charge is -2.20. The van der Waals surface area contributed by atoms with Gasteiger partial charge in [-0.05, 0) is 13.0 Å². The van der Waals surface area contributed by atoms with E-state index >= 15 is 0 Å². The molecule has 0 saturated carbocycles. The van der Waals surface area contributed by atoms with Gasteiger partial charge in [0.25, 0.3) is 0 Å². The van der Waals surface area contributed by atoms with Gasteiger partial charge in [-0.1, -0.05) is 17.7 Å². The first-order chi connectivity index (χ1) is 6.56. The van der Waals surface area contributed by atoms with Crippen LogP contribution in [0.5, 0.6) is 0 Å². The van der Waals surface area contributed by atoms with Crippen LogP contribution in [0.15, 0.2) is 18.2 Å². The van der Waals surface area contributed by atoms with E-state index in [0.29, 0.717) is 0 Å². The molecule has 1 unspecified atom stereocenters. The van der Waals surface area contributed by atoms with Gasteiger partial charge in [0, 0.05) is 31.9 Å². The van der Waals surface area contributed by atoms with Crippen LogP contribution >= 0.6 is 0 Å². The summed E-state index contributed by atoms with van der Waals surface area (Å²) in [5.74, 6) is 0.